The molecule has 0 unspecified atom stereocenters. The highest BCUT2D eigenvalue weighted by Crippen LogP contribution is 2.16. The minimum Gasteiger partial charge on any atom is -0.352 e. The van der Waals surface area contributed by atoms with E-state index in [1.165, 1.54) is 12.1 Å². The van der Waals surface area contributed by atoms with E-state index >= 15 is 0 Å². The van der Waals surface area contributed by atoms with Crippen LogP contribution in [0.2, 0.25) is 0 Å². The number of amides is 1. The van der Waals surface area contributed by atoms with E-state index in [9.17, 15) is 9.18 Å². The summed E-state index contributed by atoms with van der Waals surface area (Å²) >= 11 is 0. The standard InChI is InChI=1S/C25H24FN5O/c1-3-19(16-27-2)5-4-14-28-25(32)22-10-13-24(31-17-29-30-18-31)21(15-22)9-6-20-7-11-23(26)12-8-20/h3,7-8,10-13,15-18H,4-5,14H2,1-2H3,(H,28,32)/b19-3-,27-16-. The monoisotopic (exact) mass is 429 g/mol. The van der Waals surface area contributed by atoms with Crippen LogP contribution in [0.25, 0.3) is 5.69 Å². The van der Waals surface area contributed by atoms with Crippen molar-refractivity contribution in [2.45, 2.75) is 19.8 Å². The van der Waals surface area contributed by atoms with Gasteiger partial charge in [-0.15, -0.1) is 10.2 Å². The second-order valence-corrected chi connectivity index (χ2v) is 6.97. The molecular formula is C25H24FN5O. The molecule has 0 spiro atoms. The van der Waals surface area contributed by atoms with Gasteiger partial charge in [-0.3, -0.25) is 14.4 Å². The molecule has 0 aliphatic rings. The van der Waals surface area contributed by atoms with Crippen LogP contribution in [0.15, 0.2) is 71.8 Å². The fourth-order valence-electron chi connectivity index (χ4n) is 3.05. The molecular weight excluding hydrogens is 405 g/mol. The van der Waals surface area contributed by atoms with Crippen molar-refractivity contribution >= 4 is 12.1 Å². The van der Waals surface area contributed by atoms with Gasteiger partial charge in [0.15, 0.2) is 0 Å². The Morgan fingerprint density at radius 1 is 1.16 bits per heavy atom. The van der Waals surface area contributed by atoms with Crippen LogP contribution in [0.5, 0.6) is 0 Å². The first kappa shape index (κ1) is 22.6. The van der Waals surface area contributed by atoms with Gasteiger partial charge >= 0.3 is 0 Å². The number of allylic oxidation sites excluding steroid dienone is 2. The molecule has 0 aliphatic carbocycles. The van der Waals surface area contributed by atoms with E-state index in [-0.39, 0.29) is 11.7 Å². The van der Waals surface area contributed by atoms with Crippen molar-refractivity contribution in [3.8, 4) is 17.5 Å². The number of aliphatic imine (C=N–C) groups is 1. The summed E-state index contributed by atoms with van der Waals surface area (Å²) in [4.78, 5) is 16.7. The average Bonchev–Trinajstić information content (AvgIpc) is 3.35. The SMILES string of the molecule is C/C=C(\C=N/C)CCCNC(=O)c1ccc(-n2cnnc2)c(C#Cc2ccc(F)cc2)c1. The zero-order valence-electron chi connectivity index (χ0n) is 18.0. The van der Waals surface area contributed by atoms with Crippen LogP contribution in [-0.2, 0) is 0 Å². The Labute approximate surface area is 186 Å². The zero-order valence-corrected chi connectivity index (χ0v) is 18.0. The molecule has 0 saturated heterocycles. The Morgan fingerprint density at radius 3 is 2.59 bits per heavy atom. The zero-order chi connectivity index (χ0) is 22.8. The van der Waals surface area contributed by atoms with Gasteiger partial charge < -0.3 is 5.32 Å². The number of benzene rings is 2. The van der Waals surface area contributed by atoms with Crippen molar-refractivity contribution in [1.29, 1.82) is 0 Å². The first-order valence-corrected chi connectivity index (χ1v) is 10.2. The van der Waals surface area contributed by atoms with Gasteiger partial charge in [-0.1, -0.05) is 17.9 Å². The normalized spacial score (nSPS) is 11.3. The van der Waals surface area contributed by atoms with Crippen molar-refractivity contribution in [3.05, 3.63) is 89.3 Å². The maximum absolute atomic E-state index is 13.2. The number of aromatic nitrogens is 3. The van der Waals surface area contributed by atoms with Gasteiger partial charge in [0.2, 0.25) is 0 Å². The summed E-state index contributed by atoms with van der Waals surface area (Å²) < 4.78 is 14.9. The summed E-state index contributed by atoms with van der Waals surface area (Å²) in [6, 6.07) is 11.2. The van der Waals surface area contributed by atoms with Crippen LogP contribution in [-0.4, -0.2) is 40.5 Å². The predicted molar refractivity (Wildman–Crippen MR) is 123 cm³/mol. The molecule has 3 aromatic rings. The van der Waals surface area contributed by atoms with Crippen molar-refractivity contribution in [3.63, 3.8) is 0 Å². The molecule has 1 amide bonds. The number of halogens is 1. The summed E-state index contributed by atoms with van der Waals surface area (Å²) in [7, 11) is 1.74. The van der Waals surface area contributed by atoms with E-state index in [0.717, 1.165) is 24.1 Å². The summed E-state index contributed by atoms with van der Waals surface area (Å²) in [5.74, 6) is 5.62. The number of rotatable bonds is 7. The Hall–Kier alpha value is -4.05. The van der Waals surface area contributed by atoms with E-state index in [0.29, 0.717) is 23.2 Å². The summed E-state index contributed by atoms with van der Waals surface area (Å²) in [5, 5.41) is 10.6. The molecule has 0 saturated carbocycles. The molecule has 0 fully saturated rings. The van der Waals surface area contributed by atoms with Gasteiger partial charge in [-0.05, 0) is 67.8 Å². The lowest BCUT2D eigenvalue weighted by atomic mass is 10.1. The minimum absolute atomic E-state index is 0.170. The molecule has 0 radical (unpaired) electrons. The highest BCUT2D eigenvalue weighted by atomic mass is 19.1. The number of hydrogen-bond acceptors (Lipinski definition) is 4. The largest absolute Gasteiger partial charge is 0.352 e. The molecule has 3 rings (SSSR count). The second kappa shape index (κ2) is 11.4. The first-order valence-electron chi connectivity index (χ1n) is 10.2. The highest BCUT2D eigenvalue weighted by molar-refractivity contribution is 5.95. The molecule has 1 N–H and O–H groups in total. The smallest absolute Gasteiger partial charge is 0.251 e. The van der Waals surface area contributed by atoms with Crippen LogP contribution in [0, 0.1) is 17.7 Å². The number of carbonyl (C=O) groups excluding carboxylic acids is 1. The minimum atomic E-state index is -0.317. The van der Waals surface area contributed by atoms with E-state index in [1.54, 1.807) is 48.5 Å². The Bertz CT molecular complexity index is 1170. The molecule has 6 nitrogen and oxygen atoms in total. The molecule has 2 aromatic carbocycles. The second-order valence-electron chi connectivity index (χ2n) is 6.97. The third kappa shape index (κ3) is 6.22. The van der Waals surface area contributed by atoms with Gasteiger partial charge in [0.1, 0.15) is 18.5 Å². The summed E-state index contributed by atoms with van der Waals surface area (Å²) in [6.45, 7) is 2.53. The van der Waals surface area contributed by atoms with E-state index < -0.39 is 0 Å². The number of nitrogens with one attached hydrogen (secondary N) is 1. The lowest BCUT2D eigenvalue weighted by Crippen LogP contribution is -2.24. The predicted octanol–water partition coefficient (Wildman–Crippen LogP) is 3.96. The van der Waals surface area contributed by atoms with Crippen LogP contribution in [0.3, 0.4) is 0 Å². The Balaban J connectivity index is 1.77. The van der Waals surface area contributed by atoms with Crippen LogP contribution in [0.4, 0.5) is 4.39 Å². The maximum atomic E-state index is 13.2. The van der Waals surface area contributed by atoms with Crippen LogP contribution < -0.4 is 5.32 Å². The van der Waals surface area contributed by atoms with Crippen LogP contribution >= 0.6 is 0 Å². The lowest BCUT2D eigenvalue weighted by molar-refractivity contribution is 0.0953. The van der Waals surface area contributed by atoms with Crippen molar-refractivity contribution < 1.29 is 9.18 Å². The van der Waals surface area contributed by atoms with Crippen molar-refractivity contribution in [1.82, 2.24) is 20.1 Å². The molecule has 0 atom stereocenters. The molecule has 162 valence electrons. The number of hydrogen-bond donors (Lipinski definition) is 1. The van der Waals surface area contributed by atoms with Gasteiger partial charge in [0.25, 0.3) is 5.91 Å². The highest BCUT2D eigenvalue weighted by Gasteiger charge is 2.10. The van der Waals surface area contributed by atoms with Crippen LogP contribution in [0.1, 0.15) is 41.3 Å². The molecule has 1 aromatic heterocycles. The first-order chi connectivity index (χ1) is 15.6. The Morgan fingerprint density at radius 2 is 1.91 bits per heavy atom. The quantitative estimate of drug-likeness (QED) is 0.351. The maximum Gasteiger partial charge on any atom is 0.251 e. The Kier molecular flexibility index (Phi) is 8.04. The molecule has 0 bridgehead atoms. The molecule has 0 aliphatic heterocycles. The van der Waals surface area contributed by atoms with Crippen molar-refractivity contribution in [2.24, 2.45) is 4.99 Å². The molecule has 1 heterocycles. The summed E-state index contributed by atoms with van der Waals surface area (Å²) in [6.07, 6.45) is 8.64. The van der Waals surface area contributed by atoms with Crippen molar-refractivity contribution in [2.75, 3.05) is 13.6 Å². The fraction of sp³-hybridized carbons (Fsp3) is 0.200. The third-order valence-electron chi connectivity index (χ3n) is 4.73. The number of nitrogens with zero attached hydrogens (tertiary/aromatic N) is 4. The fourth-order valence-corrected chi connectivity index (χ4v) is 3.05. The van der Waals surface area contributed by atoms with Gasteiger partial charge in [0.05, 0.1) is 5.69 Å². The topological polar surface area (TPSA) is 72.2 Å². The van der Waals surface area contributed by atoms with Gasteiger partial charge in [0, 0.05) is 36.5 Å². The number of carbonyl (C=O) groups is 1. The summed E-state index contributed by atoms with van der Waals surface area (Å²) in [5.41, 5.74) is 3.70. The van der Waals surface area contributed by atoms with Gasteiger partial charge in [-0.25, -0.2) is 4.39 Å². The third-order valence-corrected chi connectivity index (χ3v) is 4.73. The van der Waals surface area contributed by atoms with E-state index in [4.69, 9.17) is 0 Å². The lowest BCUT2D eigenvalue weighted by Gasteiger charge is -2.09. The molecule has 32 heavy (non-hydrogen) atoms. The average molecular weight is 429 g/mol. The van der Waals surface area contributed by atoms with Gasteiger partial charge in [-0.2, -0.15) is 0 Å². The van der Waals surface area contributed by atoms with E-state index in [2.05, 4.69) is 32.3 Å². The van der Waals surface area contributed by atoms with E-state index in [1.807, 2.05) is 25.3 Å². The molecule has 7 heteroatoms.